The highest BCUT2D eigenvalue weighted by Gasteiger charge is 2.14. The minimum Gasteiger partial charge on any atom is -0.382 e. The monoisotopic (exact) mass is 275 g/mol. The van der Waals surface area contributed by atoms with E-state index >= 15 is 0 Å². The van der Waals surface area contributed by atoms with Crippen LogP contribution in [0.15, 0.2) is 0 Å². The number of carbonyl (C=O) groups excluding carboxylic acids is 1. The first-order valence-corrected chi connectivity index (χ1v) is 6.72. The average molecular weight is 275 g/mol. The molecule has 0 radical (unpaired) electrons. The fourth-order valence-electron chi connectivity index (χ4n) is 1.67. The minimum atomic E-state index is -0.0126. The largest absolute Gasteiger partial charge is 0.382 e. The molecule has 0 aromatic rings. The second-order valence-electron chi connectivity index (χ2n) is 4.19. The fraction of sp³-hybridized carbons (Fsp3) is 0.917. The third kappa shape index (κ3) is 7.99. The molecule has 1 aliphatic heterocycles. The molecule has 7 heteroatoms. The van der Waals surface area contributed by atoms with E-state index in [2.05, 4.69) is 10.6 Å². The summed E-state index contributed by atoms with van der Waals surface area (Å²) in [5.41, 5.74) is 0. The van der Waals surface area contributed by atoms with Crippen LogP contribution in [0.25, 0.3) is 0 Å². The van der Waals surface area contributed by atoms with E-state index in [1.165, 1.54) is 0 Å². The van der Waals surface area contributed by atoms with Crippen molar-refractivity contribution in [2.45, 2.75) is 0 Å². The van der Waals surface area contributed by atoms with Crippen LogP contribution in [0, 0.1) is 0 Å². The molecule has 0 unspecified atom stereocenters. The van der Waals surface area contributed by atoms with E-state index in [1.54, 1.807) is 7.11 Å². The third-order valence-electron chi connectivity index (χ3n) is 2.73. The number of carbonyl (C=O) groups is 1. The van der Waals surface area contributed by atoms with Crippen LogP contribution < -0.4 is 10.6 Å². The van der Waals surface area contributed by atoms with Crippen molar-refractivity contribution in [1.29, 1.82) is 0 Å². The highest BCUT2D eigenvalue weighted by atomic mass is 16.5. The highest BCUT2D eigenvalue weighted by Crippen LogP contribution is 1.92. The van der Waals surface area contributed by atoms with Gasteiger partial charge >= 0.3 is 6.03 Å². The summed E-state index contributed by atoms with van der Waals surface area (Å²) in [4.78, 5) is 13.5. The van der Waals surface area contributed by atoms with E-state index in [0.717, 1.165) is 26.2 Å². The molecule has 1 rings (SSSR count). The Labute approximate surface area is 114 Å². The first kappa shape index (κ1) is 16.2. The molecule has 0 atom stereocenters. The van der Waals surface area contributed by atoms with Gasteiger partial charge in [0.1, 0.15) is 0 Å². The summed E-state index contributed by atoms with van der Waals surface area (Å²) >= 11 is 0. The van der Waals surface area contributed by atoms with Crippen molar-refractivity contribution in [2.75, 3.05) is 72.9 Å². The van der Waals surface area contributed by atoms with Crippen LogP contribution >= 0.6 is 0 Å². The molecule has 2 N–H and O–H groups in total. The number of rotatable bonds is 9. The number of nitrogens with zero attached hydrogens (tertiary/aromatic N) is 1. The Morgan fingerprint density at radius 1 is 1.11 bits per heavy atom. The van der Waals surface area contributed by atoms with Crippen LogP contribution in [0.4, 0.5) is 4.79 Å². The predicted molar refractivity (Wildman–Crippen MR) is 71.4 cm³/mol. The number of hydrogen-bond acceptors (Lipinski definition) is 5. The fourth-order valence-corrected chi connectivity index (χ4v) is 1.67. The Kier molecular flexibility index (Phi) is 9.34. The molecule has 0 aromatic heterocycles. The lowest BCUT2D eigenvalue weighted by Gasteiger charge is -2.27. The van der Waals surface area contributed by atoms with E-state index in [9.17, 15) is 4.79 Å². The van der Waals surface area contributed by atoms with Crippen LogP contribution in [-0.4, -0.2) is 83.8 Å². The van der Waals surface area contributed by atoms with Crippen molar-refractivity contribution in [1.82, 2.24) is 15.5 Å². The Morgan fingerprint density at radius 3 is 2.42 bits per heavy atom. The van der Waals surface area contributed by atoms with Crippen LogP contribution in [0.5, 0.6) is 0 Å². The molecule has 112 valence electrons. The molecule has 1 saturated heterocycles. The van der Waals surface area contributed by atoms with Crippen LogP contribution in [-0.2, 0) is 14.2 Å². The average Bonchev–Trinajstić information content (AvgIpc) is 2.46. The van der Waals surface area contributed by atoms with E-state index < -0.39 is 0 Å². The number of amides is 2. The normalized spacial score (nSPS) is 15.5. The molecule has 19 heavy (non-hydrogen) atoms. The Bertz CT molecular complexity index is 235. The number of nitrogens with one attached hydrogen (secondary N) is 2. The maximum absolute atomic E-state index is 11.7. The molecule has 2 amide bonds. The van der Waals surface area contributed by atoms with Gasteiger partial charge in [0.05, 0.1) is 33.0 Å². The molecule has 1 heterocycles. The Morgan fingerprint density at radius 2 is 1.74 bits per heavy atom. The maximum atomic E-state index is 11.7. The summed E-state index contributed by atoms with van der Waals surface area (Å²) in [6.07, 6.45) is 0. The number of hydrogen-bond donors (Lipinski definition) is 2. The van der Waals surface area contributed by atoms with Gasteiger partial charge in [-0.25, -0.2) is 4.79 Å². The van der Waals surface area contributed by atoms with Gasteiger partial charge in [0.25, 0.3) is 0 Å². The van der Waals surface area contributed by atoms with Crippen molar-refractivity contribution >= 4 is 6.03 Å². The topological polar surface area (TPSA) is 72.1 Å². The highest BCUT2D eigenvalue weighted by molar-refractivity contribution is 5.74. The Hall–Kier alpha value is -0.890. The predicted octanol–water partition coefficient (Wildman–Crippen LogP) is -0.719. The molecule has 0 bridgehead atoms. The molecule has 1 fully saturated rings. The third-order valence-corrected chi connectivity index (χ3v) is 2.73. The zero-order valence-corrected chi connectivity index (χ0v) is 11.7. The standard InChI is InChI=1S/C12H25N3O4/c1-17-8-9-19-11-10-18-7-4-14-12(16)15-5-2-13-3-6-15/h13H,2-11H2,1H3,(H,14,16). The van der Waals surface area contributed by atoms with Gasteiger partial charge in [-0.1, -0.05) is 0 Å². The Balaban J connectivity index is 1.86. The van der Waals surface area contributed by atoms with Gasteiger partial charge in [0.2, 0.25) is 0 Å². The van der Waals surface area contributed by atoms with Gasteiger partial charge < -0.3 is 29.7 Å². The molecule has 1 aliphatic rings. The first-order chi connectivity index (χ1) is 9.34. The summed E-state index contributed by atoms with van der Waals surface area (Å²) in [5, 5.41) is 6.04. The second-order valence-corrected chi connectivity index (χ2v) is 4.19. The number of methoxy groups -OCH3 is 1. The SMILES string of the molecule is COCCOCCOCCNC(=O)N1CCNCC1. The van der Waals surface area contributed by atoms with Crippen molar-refractivity contribution in [2.24, 2.45) is 0 Å². The van der Waals surface area contributed by atoms with Crippen LogP contribution in [0.2, 0.25) is 0 Å². The van der Waals surface area contributed by atoms with Crippen molar-refractivity contribution in [3.8, 4) is 0 Å². The first-order valence-electron chi connectivity index (χ1n) is 6.72. The van der Waals surface area contributed by atoms with Crippen LogP contribution in [0.3, 0.4) is 0 Å². The van der Waals surface area contributed by atoms with E-state index in [0.29, 0.717) is 39.6 Å². The van der Waals surface area contributed by atoms with Gasteiger partial charge in [-0.05, 0) is 0 Å². The lowest BCUT2D eigenvalue weighted by atomic mass is 10.4. The molecule has 0 aliphatic carbocycles. The molecule has 0 spiro atoms. The summed E-state index contributed by atoms with van der Waals surface area (Å²) in [7, 11) is 1.64. The molecule has 0 saturated carbocycles. The minimum absolute atomic E-state index is 0.0126. The zero-order valence-electron chi connectivity index (χ0n) is 11.7. The van der Waals surface area contributed by atoms with Gasteiger partial charge in [-0.15, -0.1) is 0 Å². The zero-order chi connectivity index (χ0) is 13.8. The molecular formula is C12H25N3O4. The molecule has 0 aromatic carbocycles. The lowest BCUT2D eigenvalue weighted by molar-refractivity contribution is 0.0257. The number of piperazine rings is 1. The molecular weight excluding hydrogens is 250 g/mol. The lowest BCUT2D eigenvalue weighted by Crippen LogP contribution is -2.50. The molecule has 7 nitrogen and oxygen atoms in total. The summed E-state index contributed by atoms with van der Waals surface area (Å²) in [6.45, 7) is 6.56. The second kappa shape index (κ2) is 11.0. The van der Waals surface area contributed by atoms with Gasteiger partial charge in [-0.2, -0.15) is 0 Å². The summed E-state index contributed by atoms with van der Waals surface area (Å²) in [5.74, 6) is 0. The van der Waals surface area contributed by atoms with Gasteiger partial charge in [0.15, 0.2) is 0 Å². The summed E-state index contributed by atoms with van der Waals surface area (Å²) in [6, 6.07) is -0.0126. The summed E-state index contributed by atoms with van der Waals surface area (Å²) < 4.78 is 15.4. The van der Waals surface area contributed by atoms with Crippen molar-refractivity contribution < 1.29 is 19.0 Å². The van der Waals surface area contributed by atoms with Crippen molar-refractivity contribution in [3.05, 3.63) is 0 Å². The number of ether oxygens (including phenoxy) is 3. The quantitative estimate of drug-likeness (QED) is 0.543. The van der Waals surface area contributed by atoms with E-state index in [1.807, 2.05) is 4.90 Å². The van der Waals surface area contributed by atoms with Gasteiger partial charge in [-0.3, -0.25) is 0 Å². The van der Waals surface area contributed by atoms with Crippen molar-refractivity contribution in [3.63, 3.8) is 0 Å². The maximum Gasteiger partial charge on any atom is 0.317 e. The van der Waals surface area contributed by atoms with E-state index in [4.69, 9.17) is 14.2 Å². The van der Waals surface area contributed by atoms with Gasteiger partial charge in [0, 0.05) is 39.8 Å². The number of urea groups is 1. The van der Waals surface area contributed by atoms with E-state index in [-0.39, 0.29) is 6.03 Å². The van der Waals surface area contributed by atoms with Crippen LogP contribution in [0.1, 0.15) is 0 Å². The smallest absolute Gasteiger partial charge is 0.317 e.